The smallest absolute Gasteiger partial charge is 0.428 e. The number of alkyl halides is 7. The van der Waals surface area contributed by atoms with E-state index in [1.165, 1.54) is 6.07 Å². The molecule has 0 unspecified atom stereocenters. The largest absolute Gasteiger partial charge is 0.459 e. The zero-order valence-corrected chi connectivity index (χ0v) is 18.2. The van der Waals surface area contributed by atoms with Crippen LogP contribution in [-0.2, 0) is 13.0 Å². The number of hydrogen-bond acceptors (Lipinski definition) is 7. The summed E-state index contributed by atoms with van der Waals surface area (Å²) < 4.78 is 96.3. The quantitative estimate of drug-likeness (QED) is 0.405. The Bertz CT molecular complexity index is 1260. The molecule has 1 aliphatic carbocycles. The number of hydrogen-bond donors (Lipinski definition) is 2. The predicted octanol–water partition coefficient (Wildman–Crippen LogP) is 3.54. The van der Waals surface area contributed by atoms with Crippen LogP contribution in [0.15, 0.2) is 23.5 Å². The molecule has 1 fully saturated rings. The summed E-state index contributed by atoms with van der Waals surface area (Å²) in [5, 5.41) is 14.9. The molecular formula is C20H16F7N7O2. The van der Waals surface area contributed by atoms with Gasteiger partial charge in [0, 0.05) is 42.8 Å². The summed E-state index contributed by atoms with van der Waals surface area (Å²) in [4.78, 5) is 20.0. The number of nitrogens with zero attached hydrogens (tertiary/aromatic N) is 5. The number of aryl methyl sites for hydroxylation is 1. The van der Waals surface area contributed by atoms with E-state index >= 15 is 0 Å². The van der Waals surface area contributed by atoms with Gasteiger partial charge in [-0.3, -0.25) is 4.79 Å². The zero-order chi connectivity index (χ0) is 26.8. The van der Waals surface area contributed by atoms with Crippen molar-refractivity contribution in [3.63, 3.8) is 0 Å². The Morgan fingerprint density at radius 2 is 2.03 bits per heavy atom. The predicted molar refractivity (Wildman–Crippen MR) is 110 cm³/mol. The molecule has 0 aliphatic heterocycles. The van der Waals surface area contributed by atoms with E-state index < -0.39 is 41.9 Å². The molecule has 1 amide bonds. The van der Waals surface area contributed by atoms with Crippen LogP contribution in [0.25, 0.3) is 5.57 Å². The average molecular weight is 519 g/mol. The third kappa shape index (κ3) is 5.39. The Morgan fingerprint density at radius 3 is 2.56 bits per heavy atom. The Balaban J connectivity index is 2.02. The molecule has 0 atom stereocenters. The molecule has 2 aromatic rings. The van der Waals surface area contributed by atoms with E-state index in [9.17, 15) is 40.8 Å². The molecular weight excluding hydrogens is 503 g/mol. The van der Waals surface area contributed by atoms with Crippen molar-refractivity contribution in [3.8, 4) is 11.8 Å². The van der Waals surface area contributed by atoms with Crippen molar-refractivity contribution in [2.45, 2.75) is 37.6 Å². The average Bonchev–Trinajstić information content (AvgIpc) is 3.56. The third-order valence-corrected chi connectivity index (χ3v) is 4.82. The van der Waals surface area contributed by atoms with Crippen molar-refractivity contribution >= 4 is 23.5 Å². The number of carbonyl (C=O) groups is 1. The summed E-state index contributed by atoms with van der Waals surface area (Å²) in [7, 11) is 0.885. The summed E-state index contributed by atoms with van der Waals surface area (Å²) in [6, 6.07) is 2.95. The third-order valence-electron chi connectivity index (χ3n) is 4.82. The fourth-order valence-corrected chi connectivity index (χ4v) is 2.90. The van der Waals surface area contributed by atoms with E-state index in [0.29, 0.717) is 4.68 Å². The minimum Gasteiger partial charge on any atom is -0.428 e. The van der Waals surface area contributed by atoms with Gasteiger partial charge in [0.15, 0.2) is 23.0 Å². The monoisotopic (exact) mass is 519 g/mol. The molecule has 0 saturated heterocycles. The van der Waals surface area contributed by atoms with Crippen molar-refractivity contribution < 1.29 is 40.3 Å². The topological polar surface area (TPSA) is 131 Å². The Labute approximate surface area is 198 Å². The number of allylic oxidation sites excluding steroid dienone is 1. The molecule has 0 radical (unpaired) electrons. The van der Waals surface area contributed by atoms with Crippen LogP contribution in [0.3, 0.4) is 0 Å². The van der Waals surface area contributed by atoms with Crippen molar-refractivity contribution in [2.24, 2.45) is 17.8 Å². The summed E-state index contributed by atoms with van der Waals surface area (Å²) in [5.41, 5.74) is 3.18. The van der Waals surface area contributed by atoms with Gasteiger partial charge in [0.25, 0.3) is 5.91 Å². The lowest BCUT2D eigenvalue weighted by Gasteiger charge is -2.18. The molecule has 3 rings (SSSR count). The highest BCUT2D eigenvalue weighted by Gasteiger charge is 2.62. The van der Waals surface area contributed by atoms with Crippen molar-refractivity contribution in [1.82, 2.24) is 20.1 Å². The second-order valence-corrected chi connectivity index (χ2v) is 7.44. The first-order valence-electron chi connectivity index (χ1n) is 9.94. The molecule has 36 heavy (non-hydrogen) atoms. The van der Waals surface area contributed by atoms with Gasteiger partial charge in [0.05, 0.1) is 5.56 Å². The Kier molecular flexibility index (Phi) is 7.22. The second-order valence-electron chi connectivity index (χ2n) is 7.44. The van der Waals surface area contributed by atoms with E-state index in [-0.39, 0.29) is 28.4 Å². The summed E-state index contributed by atoms with van der Waals surface area (Å²) in [6.45, 7) is -3.77. The van der Waals surface area contributed by atoms with Gasteiger partial charge in [-0.25, -0.2) is 14.7 Å². The maximum atomic E-state index is 13.9. The molecule has 192 valence electrons. The molecule has 1 aliphatic rings. The molecule has 0 aromatic carbocycles. The molecule has 0 spiro atoms. The summed E-state index contributed by atoms with van der Waals surface area (Å²) >= 11 is 0. The van der Waals surface area contributed by atoms with Crippen molar-refractivity contribution in [3.05, 3.63) is 41.0 Å². The van der Waals surface area contributed by atoms with Gasteiger partial charge in [-0.2, -0.15) is 41.1 Å². The van der Waals surface area contributed by atoms with Gasteiger partial charge in [0.2, 0.25) is 0 Å². The molecule has 9 nitrogen and oxygen atoms in total. The number of aromatic nitrogens is 3. The van der Waals surface area contributed by atoms with Crippen LogP contribution in [0.5, 0.6) is 5.75 Å². The van der Waals surface area contributed by atoms with Crippen LogP contribution >= 0.6 is 0 Å². The van der Waals surface area contributed by atoms with Crippen LogP contribution in [0.1, 0.15) is 40.2 Å². The number of amides is 1. The van der Waals surface area contributed by atoms with E-state index in [0.717, 1.165) is 38.5 Å². The lowest BCUT2D eigenvalue weighted by molar-refractivity contribution is -0.291. The fourth-order valence-electron chi connectivity index (χ4n) is 2.90. The van der Waals surface area contributed by atoms with E-state index in [1.54, 1.807) is 6.07 Å². The lowest BCUT2D eigenvalue weighted by Crippen LogP contribution is -2.34. The van der Waals surface area contributed by atoms with Gasteiger partial charge >= 0.3 is 18.7 Å². The Morgan fingerprint density at radius 1 is 1.36 bits per heavy atom. The number of aliphatic imine (C=N–C) groups is 1. The van der Waals surface area contributed by atoms with Crippen LogP contribution < -0.4 is 15.8 Å². The van der Waals surface area contributed by atoms with E-state index in [2.05, 4.69) is 25.1 Å². The van der Waals surface area contributed by atoms with Gasteiger partial charge < -0.3 is 15.8 Å². The highest BCUT2D eigenvalue weighted by molar-refractivity contribution is 6.11. The number of ether oxygens (including phenoxy) is 1. The van der Waals surface area contributed by atoms with Gasteiger partial charge in [-0.05, 0) is 18.9 Å². The van der Waals surface area contributed by atoms with Crippen LogP contribution in [-0.4, -0.2) is 45.7 Å². The van der Waals surface area contributed by atoms with Gasteiger partial charge in [-0.1, -0.05) is 0 Å². The number of pyridine rings is 1. The first-order chi connectivity index (χ1) is 16.8. The molecule has 2 aromatic heterocycles. The minimum absolute atomic E-state index is 0.0408. The standard InChI is InChI=1S/C20H16F7N7O2/c1-34-16(14(36-18(21)22)15(33-34)19(23,24)20(25,26)27)31-8-10(5-28)9-4-12(13(6-29)30-7-9)17(35)32-11-2-3-11/h4-5,7-8,11,18H,2-3,28H2,1H3,(H,32,35). The maximum Gasteiger partial charge on any atom is 0.459 e. The lowest BCUT2D eigenvalue weighted by atomic mass is 10.1. The number of nitrogens with two attached hydrogens (primary N) is 1. The second kappa shape index (κ2) is 9.84. The normalized spacial score (nSPS) is 14.8. The molecule has 16 heteroatoms. The number of halogens is 7. The highest BCUT2D eigenvalue weighted by atomic mass is 19.4. The van der Waals surface area contributed by atoms with E-state index in [4.69, 9.17) is 5.73 Å². The van der Waals surface area contributed by atoms with Crippen molar-refractivity contribution in [1.29, 1.82) is 5.26 Å². The first-order valence-corrected chi connectivity index (χ1v) is 9.94. The Hall–Kier alpha value is -4.16. The summed E-state index contributed by atoms with van der Waals surface area (Å²) in [6.07, 6.45) is -1.74. The molecule has 0 bridgehead atoms. The van der Waals surface area contributed by atoms with Crippen LogP contribution in [0.2, 0.25) is 0 Å². The minimum atomic E-state index is -6.16. The SMILES string of the molecule is Cn1nc(C(F)(F)C(F)(F)F)c(OC(F)F)c1N=CC(=CN)c1cnc(C#N)c(C(=O)NC2CC2)c1. The highest BCUT2D eigenvalue weighted by Crippen LogP contribution is 2.49. The van der Waals surface area contributed by atoms with Gasteiger partial charge in [0.1, 0.15) is 6.07 Å². The number of nitrogens with one attached hydrogen (secondary N) is 1. The maximum absolute atomic E-state index is 13.9. The molecule has 1 saturated carbocycles. The first kappa shape index (κ1) is 26.4. The molecule has 2 heterocycles. The number of nitriles is 1. The van der Waals surface area contributed by atoms with Crippen LogP contribution in [0.4, 0.5) is 36.6 Å². The van der Waals surface area contributed by atoms with Crippen molar-refractivity contribution in [2.75, 3.05) is 0 Å². The van der Waals surface area contributed by atoms with Crippen LogP contribution in [0, 0.1) is 11.3 Å². The fraction of sp³-hybridized carbons (Fsp3) is 0.350. The summed E-state index contributed by atoms with van der Waals surface area (Å²) in [5.74, 6) is -8.71. The number of carbonyl (C=O) groups excluding carboxylic acids is 1. The molecule has 3 N–H and O–H groups in total. The van der Waals surface area contributed by atoms with E-state index in [1.807, 2.05) is 0 Å². The van der Waals surface area contributed by atoms with Gasteiger partial charge in [-0.15, -0.1) is 0 Å². The number of rotatable bonds is 8. The zero-order valence-electron chi connectivity index (χ0n) is 18.2.